The predicted octanol–water partition coefficient (Wildman–Crippen LogP) is -1.53. The Balaban J connectivity index is 0.00000112. The average molecular weight is 240 g/mol. The topological polar surface area (TPSA) is 52.0 Å². The van der Waals surface area contributed by atoms with Crippen molar-refractivity contribution >= 4 is 29.6 Å². The number of fused-ring (bicyclic) bond motifs is 1. The predicted molar refractivity (Wildman–Crippen MR) is 47.1 cm³/mol. The molecule has 0 atom stereocenters. The SMILES string of the molecule is Nc1nc2ccc([B-](F)(F)F)cc2o1.[K+]. The molecular formula is C7H5BF3KN2O. The maximum absolute atomic E-state index is 12.3. The van der Waals surface area contributed by atoms with E-state index in [9.17, 15) is 12.9 Å². The second-order valence-corrected chi connectivity index (χ2v) is 2.85. The van der Waals surface area contributed by atoms with E-state index < -0.39 is 12.4 Å². The number of nitrogen functional groups attached to an aromatic ring is 1. The quantitative estimate of drug-likeness (QED) is 0.615. The van der Waals surface area contributed by atoms with Crippen LogP contribution in [0.25, 0.3) is 11.1 Å². The van der Waals surface area contributed by atoms with Gasteiger partial charge in [0.1, 0.15) is 5.52 Å². The first-order chi connectivity index (χ1) is 6.47. The molecule has 1 heterocycles. The molecule has 0 aliphatic heterocycles. The minimum absolute atomic E-state index is 0. The summed E-state index contributed by atoms with van der Waals surface area (Å²) >= 11 is 0. The molecular weight excluding hydrogens is 235 g/mol. The number of hydrogen-bond donors (Lipinski definition) is 1. The molecule has 0 saturated heterocycles. The van der Waals surface area contributed by atoms with Crippen LogP contribution in [0.3, 0.4) is 0 Å². The van der Waals surface area contributed by atoms with Crippen molar-refractivity contribution in [2.45, 2.75) is 0 Å². The Hall–Kier alpha value is -0.0187. The van der Waals surface area contributed by atoms with Crippen LogP contribution >= 0.6 is 0 Å². The standard InChI is InChI=1S/C7H5BF3N2O.K/c9-8(10,11)4-1-2-5-6(3-4)14-7(12)13-5;/h1-3H,(H2,12,13);/q-1;+1. The maximum Gasteiger partial charge on any atom is 1.00 e. The summed E-state index contributed by atoms with van der Waals surface area (Å²) in [5.74, 6) is 0. The van der Waals surface area contributed by atoms with Crippen molar-refractivity contribution in [1.82, 2.24) is 4.98 Å². The normalized spacial score (nSPS) is 11.4. The molecule has 0 fully saturated rings. The van der Waals surface area contributed by atoms with E-state index in [-0.39, 0.29) is 63.0 Å². The zero-order valence-corrected chi connectivity index (χ0v) is 11.0. The summed E-state index contributed by atoms with van der Waals surface area (Å²) in [4.78, 5) is 3.69. The van der Waals surface area contributed by atoms with E-state index in [0.29, 0.717) is 5.52 Å². The minimum Gasteiger partial charge on any atom is -0.445 e. The summed E-state index contributed by atoms with van der Waals surface area (Å²) in [6.07, 6.45) is 0. The molecule has 3 nitrogen and oxygen atoms in total. The summed E-state index contributed by atoms with van der Waals surface area (Å²) in [6, 6.07) is 2.97. The van der Waals surface area contributed by atoms with Crippen LogP contribution in [0.1, 0.15) is 0 Å². The Morgan fingerprint density at radius 3 is 2.53 bits per heavy atom. The number of nitrogens with two attached hydrogens (primary N) is 1. The fraction of sp³-hybridized carbons (Fsp3) is 0. The van der Waals surface area contributed by atoms with Gasteiger partial charge < -0.3 is 23.1 Å². The molecule has 0 bridgehead atoms. The third-order valence-electron chi connectivity index (χ3n) is 1.81. The van der Waals surface area contributed by atoms with E-state index >= 15 is 0 Å². The van der Waals surface area contributed by atoms with Gasteiger partial charge in [0.2, 0.25) is 0 Å². The van der Waals surface area contributed by atoms with Gasteiger partial charge in [-0.05, 0) is 12.1 Å². The number of rotatable bonds is 1. The summed E-state index contributed by atoms with van der Waals surface area (Å²) in [7, 11) is 0. The van der Waals surface area contributed by atoms with Crippen LogP contribution in [0.5, 0.6) is 0 Å². The van der Waals surface area contributed by atoms with E-state index in [2.05, 4.69) is 4.98 Å². The molecule has 2 aromatic rings. The fourth-order valence-corrected chi connectivity index (χ4v) is 1.16. The van der Waals surface area contributed by atoms with Gasteiger partial charge in [0.15, 0.2) is 5.58 Å². The smallest absolute Gasteiger partial charge is 0.445 e. The molecule has 0 aliphatic rings. The zero-order valence-electron chi connectivity index (χ0n) is 7.88. The van der Waals surface area contributed by atoms with Crippen LogP contribution in [-0.2, 0) is 0 Å². The van der Waals surface area contributed by atoms with Crippen molar-refractivity contribution < 1.29 is 68.7 Å². The summed E-state index contributed by atoms with van der Waals surface area (Å²) in [5.41, 5.74) is 4.86. The first-order valence-corrected chi connectivity index (χ1v) is 3.83. The average Bonchev–Trinajstić information content (AvgIpc) is 2.41. The summed E-state index contributed by atoms with van der Waals surface area (Å²) < 4.78 is 41.7. The van der Waals surface area contributed by atoms with Gasteiger partial charge in [-0.3, -0.25) is 0 Å². The summed E-state index contributed by atoms with van der Waals surface area (Å²) in [5, 5.41) is 0. The molecule has 74 valence electrons. The zero-order chi connectivity index (χ0) is 10.3. The fourth-order valence-electron chi connectivity index (χ4n) is 1.16. The molecule has 2 N–H and O–H groups in total. The van der Waals surface area contributed by atoms with Gasteiger partial charge in [-0.2, -0.15) is 4.98 Å². The number of anilines is 1. The van der Waals surface area contributed by atoms with Crippen LogP contribution in [0.4, 0.5) is 19.0 Å². The van der Waals surface area contributed by atoms with Gasteiger partial charge in [0.05, 0.1) is 0 Å². The Kier molecular flexibility index (Phi) is 3.88. The van der Waals surface area contributed by atoms with Crippen molar-refractivity contribution in [3.63, 3.8) is 0 Å². The van der Waals surface area contributed by atoms with Crippen LogP contribution in [0.15, 0.2) is 22.6 Å². The maximum atomic E-state index is 12.3. The molecule has 0 saturated carbocycles. The number of aromatic nitrogens is 1. The number of hydrogen-bond acceptors (Lipinski definition) is 3. The second-order valence-electron chi connectivity index (χ2n) is 2.85. The van der Waals surface area contributed by atoms with E-state index in [1.807, 2.05) is 0 Å². The third kappa shape index (κ3) is 2.76. The van der Waals surface area contributed by atoms with E-state index in [1.165, 1.54) is 6.07 Å². The molecule has 2 rings (SSSR count). The van der Waals surface area contributed by atoms with Crippen LogP contribution in [0, 0.1) is 0 Å². The number of benzene rings is 1. The van der Waals surface area contributed by atoms with E-state index in [4.69, 9.17) is 10.2 Å². The third-order valence-corrected chi connectivity index (χ3v) is 1.81. The van der Waals surface area contributed by atoms with E-state index in [0.717, 1.165) is 12.1 Å². The molecule has 0 unspecified atom stereocenters. The Morgan fingerprint density at radius 2 is 1.93 bits per heavy atom. The molecule has 15 heavy (non-hydrogen) atoms. The summed E-state index contributed by atoms with van der Waals surface area (Å²) in [6.45, 7) is -5.01. The molecule has 1 aromatic carbocycles. The minimum atomic E-state index is -5.01. The van der Waals surface area contributed by atoms with E-state index in [1.54, 1.807) is 0 Å². The first-order valence-electron chi connectivity index (χ1n) is 3.83. The van der Waals surface area contributed by atoms with Gasteiger partial charge >= 0.3 is 58.4 Å². The van der Waals surface area contributed by atoms with Crippen molar-refractivity contribution in [2.24, 2.45) is 0 Å². The van der Waals surface area contributed by atoms with Crippen LogP contribution in [-0.4, -0.2) is 12.0 Å². The van der Waals surface area contributed by atoms with Crippen molar-refractivity contribution in [2.75, 3.05) is 5.73 Å². The molecule has 0 radical (unpaired) electrons. The van der Waals surface area contributed by atoms with Crippen LogP contribution < -0.4 is 62.6 Å². The Bertz CT molecular complexity index is 485. The van der Waals surface area contributed by atoms with Gasteiger partial charge in [-0.1, -0.05) is 6.07 Å². The van der Waals surface area contributed by atoms with Gasteiger partial charge in [-0.15, -0.1) is 5.46 Å². The molecule has 1 aromatic heterocycles. The molecule has 0 amide bonds. The van der Waals surface area contributed by atoms with Crippen LogP contribution in [0.2, 0.25) is 0 Å². The number of nitrogens with zero attached hydrogens (tertiary/aromatic N) is 1. The molecule has 0 spiro atoms. The Labute approximate surface area is 126 Å². The second kappa shape index (κ2) is 4.46. The number of halogens is 3. The Morgan fingerprint density at radius 1 is 1.27 bits per heavy atom. The van der Waals surface area contributed by atoms with Crippen molar-refractivity contribution in [1.29, 1.82) is 0 Å². The first kappa shape index (κ1) is 13.0. The van der Waals surface area contributed by atoms with Gasteiger partial charge in [-0.25, -0.2) is 0 Å². The number of oxazole rings is 1. The molecule has 8 heteroatoms. The van der Waals surface area contributed by atoms with Crippen molar-refractivity contribution in [3.8, 4) is 0 Å². The van der Waals surface area contributed by atoms with Gasteiger partial charge in [0.25, 0.3) is 6.01 Å². The van der Waals surface area contributed by atoms with Gasteiger partial charge in [0, 0.05) is 0 Å². The molecule has 0 aliphatic carbocycles. The monoisotopic (exact) mass is 240 g/mol. The van der Waals surface area contributed by atoms with Crippen molar-refractivity contribution in [3.05, 3.63) is 18.2 Å². The largest absolute Gasteiger partial charge is 1.00 e.